The molecule has 0 aromatic carbocycles. The van der Waals surface area contributed by atoms with Crippen LogP contribution in [-0.4, -0.2) is 30.5 Å². The third kappa shape index (κ3) is 3.35. The van der Waals surface area contributed by atoms with Crippen LogP contribution in [-0.2, 0) is 6.42 Å². The lowest BCUT2D eigenvalue weighted by Crippen LogP contribution is -2.15. The minimum atomic E-state index is -0.0700. The van der Waals surface area contributed by atoms with E-state index in [0.717, 1.165) is 18.7 Å². The van der Waals surface area contributed by atoms with Crippen molar-refractivity contribution in [1.82, 2.24) is 9.88 Å². The van der Waals surface area contributed by atoms with E-state index in [9.17, 15) is 0 Å². The highest BCUT2D eigenvalue weighted by atomic mass is 32.1. The topological polar surface area (TPSA) is 42.2 Å². The van der Waals surface area contributed by atoms with Crippen molar-refractivity contribution >= 4 is 22.7 Å². The second-order valence-corrected chi connectivity index (χ2v) is 6.13. The number of rotatable bonds is 5. The van der Waals surface area contributed by atoms with Gasteiger partial charge in [0.15, 0.2) is 0 Å². The van der Waals surface area contributed by atoms with E-state index in [-0.39, 0.29) is 6.04 Å². The number of nitrogens with two attached hydrogens (primary N) is 1. The van der Waals surface area contributed by atoms with Gasteiger partial charge in [0.25, 0.3) is 0 Å². The van der Waals surface area contributed by atoms with Crippen LogP contribution in [0.2, 0.25) is 0 Å². The molecule has 0 fully saturated rings. The molecular formula is C12H17N3S2. The molecule has 3 nitrogen and oxygen atoms in total. The molecule has 2 rings (SSSR count). The maximum Gasteiger partial charge on any atom is 0.0941 e. The molecule has 0 spiro atoms. The Labute approximate surface area is 110 Å². The molecule has 17 heavy (non-hydrogen) atoms. The molecule has 0 aliphatic rings. The smallest absolute Gasteiger partial charge is 0.0941 e. The number of hydrogen-bond donors (Lipinski definition) is 1. The zero-order chi connectivity index (χ0) is 12.3. The summed E-state index contributed by atoms with van der Waals surface area (Å²) < 4.78 is 0. The highest BCUT2D eigenvalue weighted by Crippen LogP contribution is 2.24. The number of likely N-dealkylation sites (N-methyl/N-ethyl adjacent to an activating group) is 1. The molecule has 0 saturated heterocycles. The first-order valence-electron chi connectivity index (χ1n) is 5.55. The van der Waals surface area contributed by atoms with Gasteiger partial charge in [0.1, 0.15) is 0 Å². The van der Waals surface area contributed by atoms with E-state index in [2.05, 4.69) is 40.8 Å². The molecule has 2 heterocycles. The van der Waals surface area contributed by atoms with Crippen molar-refractivity contribution in [3.63, 3.8) is 0 Å². The molecule has 1 unspecified atom stereocenters. The average molecular weight is 267 g/mol. The molecule has 1 atom stereocenters. The summed E-state index contributed by atoms with van der Waals surface area (Å²) in [5.74, 6) is 0. The maximum atomic E-state index is 6.17. The van der Waals surface area contributed by atoms with Gasteiger partial charge in [-0.3, -0.25) is 0 Å². The van der Waals surface area contributed by atoms with E-state index in [4.69, 9.17) is 5.73 Å². The Kier molecular flexibility index (Phi) is 4.28. The Balaban J connectivity index is 2.03. The Morgan fingerprint density at radius 3 is 2.88 bits per heavy atom. The van der Waals surface area contributed by atoms with Crippen molar-refractivity contribution in [1.29, 1.82) is 0 Å². The first-order valence-corrected chi connectivity index (χ1v) is 7.31. The number of nitrogens with zero attached hydrogens (tertiary/aromatic N) is 2. The lowest BCUT2D eigenvalue weighted by Gasteiger charge is -2.07. The third-order valence-corrected chi connectivity index (χ3v) is 4.39. The second-order valence-electron chi connectivity index (χ2n) is 4.21. The fourth-order valence-corrected chi connectivity index (χ4v) is 3.08. The summed E-state index contributed by atoms with van der Waals surface area (Å²) in [5.41, 5.74) is 7.17. The fourth-order valence-electron chi connectivity index (χ4n) is 1.52. The maximum absolute atomic E-state index is 6.17. The predicted molar refractivity (Wildman–Crippen MR) is 74.7 cm³/mol. The van der Waals surface area contributed by atoms with Gasteiger partial charge in [-0.1, -0.05) is 6.07 Å². The van der Waals surface area contributed by atoms with Crippen LogP contribution in [0.25, 0.3) is 0 Å². The quantitative estimate of drug-likeness (QED) is 0.904. The van der Waals surface area contributed by atoms with Crippen LogP contribution >= 0.6 is 22.7 Å². The molecule has 0 aliphatic heterocycles. The zero-order valence-electron chi connectivity index (χ0n) is 10.1. The van der Waals surface area contributed by atoms with Crippen molar-refractivity contribution < 1.29 is 0 Å². The molecule has 0 saturated carbocycles. The van der Waals surface area contributed by atoms with Crippen LogP contribution in [0.4, 0.5) is 0 Å². The van der Waals surface area contributed by atoms with Gasteiger partial charge in [0.05, 0.1) is 16.7 Å². The Morgan fingerprint density at radius 2 is 2.24 bits per heavy atom. The fraction of sp³-hybridized carbons (Fsp3) is 0.417. The summed E-state index contributed by atoms with van der Waals surface area (Å²) in [6, 6.07) is 4.02. The van der Waals surface area contributed by atoms with Crippen LogP contribution in [0.3, 0.4) is 0 Å². The summed E-state index contributed by atoms with van der Waals surface area (Å²) in [6.45, 7) is 1.03. The molecule has 2 aromatic heterocycles. The first-order chi connectivity index (χ1) is 8.16. The van der Waals surface area contributed by atoms with Gasteiger partial charge in [0.2, 0.25) is 0 Å². The van der Waals surface area contributed by atoms with Crippen LogP contribution < -0.4 is 5.73 Å². The van der Waals surface area contributed by atoms with E-state index < -0.39 is 0 Å². The summed E-state index contributed by atoms with van der Waals surface area (Å²) >= 11 is 3.39. The number of thiophene rings is 1. The predicted octanol–water partition coefficient (Wildman–Crippen LogP) is 2.36. The highest BCUT2D eigenvalue weighted by molar-refractivity contribution is 7.10. The standard InChI is InChI=1S/C12H17N3S2/c1-15(2)6-5-11-14-9(8-17-11)12(13)10-4-3-7-16-10/h3-4,7-8,12H,5-6,13H2,1-2H3. The van der Waals surface area contributed by atoms with E-state index in [1.165, 1.54) is 9.88 Å². The van der Waals surface area contributed by atoms with Crippen LogP contribution in [0, 0.1) is 0 Å². The molecule has 2 N–H and O–H groups in total. The van der Waals surface area contributed by atoms with Gasteiger partial charge in [-0.05, 0) is 25.5 Å². The van der Waals surface area contributed by atoms with Crippen molar-refractivity contribution in [3.05, 3.63) is 38.5 Å². The third-order valence-electron chi connectivity index (χ3n) is 2.51. The van der Waals surface area contributed by atoms with Gasteiger partial charge in [-0.15, -0.1) is 22.7 Å². The van der Waals surface area contributed by atoms with E-state index >= 15 is 0 Å². The van der Waals surface area contributed by atoms with Crippen LogP contribution in [0.5, 0.6) is 0 Å². The normalized spacial score (nSPS) is 13.2. The van der Waals surface area contributed by atoms with Crippen molar-refractivity contribution in [2.75, 3.05) is 20.6 Å². The highest BCUT2D eigenvalue weighted by Gasteiger charge is 2.13. The van der Waals surface area contributed by atoms with E-state index in [1.54, 1.807) is 22.7 Å². The summed E-state index contributed by atoms with van der Waals surface area (Å²) in [6.07, 6.45) is 0.995. The van der Waals surface area contributed by atoms with Crippen molar-refractivity contribution in [2.24, 2.45) is 5.73 Å². The minimum absolute atomic E-state index is 0.0700. The van der Waals surface area contributed by atoms with Gasteiger partial charge >= 0.3 is 0 Å². The monoisotopic (exact) mass is 267 g/mol. The minimum Gasteiger partial charge on any atom is -0.318 e. The van der Waals surface area contributed by atoms with Crippen molar-refractivity contribution in [2.45, 2.75) is 12.5 Å². The molecule has 0 bridgehead atoms. The summed E-state index contributed by atoms with van der Waals surface area (Å²) in [4.78, 5) is 7.95. The average Bonchev–Trinajstić information content (AvgIpc) is 2.97. The molecule has 92 valence electrons. The summed E-state index contributed by atoms with van der Waals surface area (Å²) in [7, 11) is 4.15. The van der Waals surface area contributed by atoms with Gasteiger partial charge in [-0.2, -0.15) is 0 Å². The van der Waals surface area contributed by atoms with Gasteiger partial charge in [-0.25, -0.2) is 4.98 Å². The molecular weight excluding hydrogens is 250 g/mol. The number of aromatic nitrogens is 1. The molecule has 0 radical (unpaired) electrons. The Morgan fingerprint density at radius 1 is 1.41 bits per heavy atom. The van der Waals surface area contributed by atoms with E-state index in [1.807, 2.05) is 6.07 Å². The zero-order valence-corrected chi connectivity index (χ0v) is 11.7. The first kappa shape index (κ1) is 12.7. The van der Waals surface area contributed by atoms with Crippen molar-refractivity contribution in [3.8, 4) is 0 Å². The SMILES string of the molecule is CN(C)CCc1nc(C(N)c2cccs2)cs1. The van der Waals surface area contributed by atoms with Crippen LogP contribution in [0.15, 0.2) is 22.9 Å². The molecule has 0 amide bonds. The Bertz CT molecular complexity index is 448. The van der Waals surface area contributed by atoms with Gasteiger partial charge in [0, 0.05) is 23.2 Å². The molecule has 0 aliphatic carbocycles. The van der Waals surface area contributed by atoms with Gasteiger partial charge < -0.3 is 10.6 Å². The molecule has 5 heteroatoms. The molecule has 2 aromatic rings. The second kappa shape index (κ2) is 5.73. The lowest BCUT2D eigenvalue weighted by molar-refractivity contribution is 0.413. The largest absolute Gasteiger partial charge is 0.318 e. The lowest BCUT2D eigenvalue weighted by atomic mass is 10.2. The Hall–Kier alpha value is -0.750. The number of hydrogen-bond acceptors (Lipinski definition) is 5. The number of thiazole rings is 1. The summed E-state index contributed by atoms with van der Waals surface area (Å²) in [5, 5.41) is 5.30. The van der Waals surface area contributed by atoms with E-state index in [0.29, 0.717) is 0 Å². The van der Waals surface area contributed by atoms with Crippen LogP contribution in [0.1, 0.15) is 21.6 Å².